The molecular formula is C13H23N3O. The molecule has 1 aliphatic rings. The van der Waals surface area contributed by atoms with Crippen molar-refractivity contribution in [3.05, 3.63) is 12.4 Å². The van der Waals surface area contributed by atoms with Gasteiger partial charge in [0.1, 0.15) is 0 Å². The Morgan fingerprint density at radius 1 is 1.53 bits per heavy atom. The highest BCUT2D eigenvalue weighted by Crippen LogP contribution is 2.37. The second-order valence-electron chi connectivity index (χ2n) is 4.90. The fourth-order valence-electron chi connectivity index (χ4n) is 2.40. The molecule has 1 N–H and O–H groups in total. The molecule has 0 aliphatic heterocycles. The number of rotatable bonds is 7. The molecule has 96 valence electrons. The van der Waals surface area contributed by atoms with E-state index in [1.165, 1.54) is 25.7 Å². The van der Waals surface area contributed by atoms with E-state index in [9.17, 15) is 0 Å². The molecule has 4 nitrogen and oxygen atoms in total. The average Bonchev–Trinajstić information content (AvgIpc) is 2.71. The zero-order valence-electron chi connectivity index (χ0n) is 10.9. The van der Waals surface area contributed by atoms with Crippen LogP contribution in [0.15, 0.2) is 12.4 Å². The second kappa shape index (κ2) is 5.54. The Kier molecular flexibility index (Phi) is 4.05. The normalized spacial score (nSPS) is 17.8. The van der Waals surface area contributed by atoms with Crippen LogP contribution < -0.4 is 5.32 Å². The van der Waals surface area contributed by atoms with E-state index in [2.05, 4.69) is 21.8 Å². The topological polar surface area (TPSA) is 39.1 Å². The first-order valence-corrected chi connectivity index (χ1v) is 6.58. The third kappa shape index (κ3) is 2.80. The van der Waals surface area contributed by atoms with Crippen molar-refractivity contribution in [1.29, 1.82) is 0 Å². The van der Waals surface area contributed by atoms with Crippen LogP contribution in [0.4, 0.5) is 5.95 Å². The maximum atomic E-state index is 5.08. The Morgan fingerprint density at radius 2 is 2.35 bits per heavy atom. The summed E-state index contributed by atoms with van der Waals surface area (Å²) in [5.74, 6) is 1.02. The van der Waals surface area contributed by atoms with Crippen molar-refractivity contribution in [1.82, 2.24) is 9.55 Å². The Labute approximate surface area is 103 Å². The van der Waals surface area contributed by atoms with Gasteiger partial charge in [0.15, 0.2) is 0 Å². The SMILES string of the molecule is CCC1(Nc2nccn2CCCOC)CCC1. The van der Waals surface area contributed by atoms with Gasteiger partial charge in [0.05, 0.1) is 0 Å². The van der Waals surface area contributed by atoms with Gasteiger partial charge < -0.3 is 14.6 Å². The summed E-state index contributed by atoms with van der Waals surface area (Å²) in [6.45, 7) is 4.02. The van der Waals surface area contributed by atoms with Gasteiger partial charge >= 0.3 is 0 Å². The summed E-state index contributed by atoms with van der Waals surface area (Å²) < 4.78 is 7.27. The molecule has 0 unspecified atom stereocenters. The Bertz CT molecular complexity index is 339. The molecule has 0 spiro atoms. The van der Waals surface area contributed by atoms with Gasteiger partial charge in [-0.15, -0.1) is 0 Å². The molecule has 1 fully saturated rings. The molecule has 1 saturated carbocycles. The molecule has 0 radical (unpaired) electrons. The minimum atomic E-state index is 0.310. The highest BCUT2D eigenvalue weighted by atomic mass is 16.5. The van der Waals surface area contributed by atoms with Crippen LogP contribution in [0.3, 0.4) is 0 Å². The van der Waals surface area contributed by atoms with Gasteiger partial charge in [-0.05, 0) is 32.1 Å². The summed E-state index contributed by atoms with van der Waals surface area (Å²) in [5.41, 5.74) is 0.310. The maximum absolute atomic E-state index is 5.08. The molecule has 1 aliphatic carbocycles. The van der Waals surface area contributed by atoms with Gasteiger partial charge in [0, 0.05) is 38.2 Å². The van der Waals surface area contributed by atoms with E-state index in [1.807, 2.05) is 12.4 Å². The van der Waals surface area contributed by atoms with E-state index < -0.39 is 0 Å². The van der Waals surface area contributed by atoms with Crippen LogP contribution in [-0.4, -0.2) is 28.8 Å². The summed E-state index contributed by atoms with van der Waals surface area (Å²) in [4.78, 5) is 4.42. The van der Waals surface area contributed by atoms with Crippen LogP contribution in [0.1, 0.15) is 39.0 Å². The summed E-state index contributed by atoms with van der Waals surface area (Å²) >= 11 is 0. The van der Waals surface area contributed by atoms with Gasteiger partial charge in [0.25, 0.3) is 0 Å². The van der Waals surface area contributed by atoms with E-state index in [1.54, 1.807) is 7.11 Å². The van der Waals surface area contributed by atoms with Crippen LogP contribution in [0.5, 0.6) is 0 Å². The number of anilines is 1. The molecule has 17 heavy (non-hydrogen) atoms. The molecule has 0 saturated heterocycles. The van der Waals surface area contributed by atoms with Gasteiger partial charge in [-0.3, -0.25) is 0 Å². The van der Waals surface area contributed by atoms with Crippen LogP contribution in [0.2, 0.25) is 0 Å². The minimum Gasteiger partial charge on any atom is -0.385 e. The number of aryl methyl sites for hydroxylation is 1. The summed E-state index contributed by atoms with van der Waals surface area (Å²) in [5, 5.41) is 3.63. The molecule has 0 bridgehead atoms. The van der Waals surface area contributed by atoms with Crippen LogP contribution in [0, 0.1) is 0 Å². The van der Waals surface area contributed by atoms with E-state index in [0.29, 0.717) is 5.54 Å². The average molecular weight is 237 g/mol. The van der Waals surface area contributed by atoms with Gasteiger partial charge in [-0.2, -0.15) is 0 Å². The molecular weight excluding hydrogens is 214 g/mol. The molecule has 0 amide bonds. The zero-order valence-corrected chi connectivity index (χ0v) is 10.9. The number of nitrogens with zero attached hydrogens (tertiary/aromatic N) is 2. The van der Waals surface area contributed by atoms with Crippen LogP contribution >= 0.6 is 0 Å². The highest BCUT2D eigenvalue weighted by molar-refractivity contribution is 5.32. The summed E-state index contributed by atoms with van der Waals surface area (Å²) in [6, 6.07) is 0. The van der Waals surface area contributed by atoms with Crippen molar-refractivity contribution in [2.45, 2.75) is 51.1 Å². The van der Waals surface area contributed by atoms with Crippen molar-refractivity contribution in [2.24, 2.45) is 0 Å². The van der Waals surface area contributed by atoms with Crippen molar-refractivity contribution in [3.8, 4) is 0 Å². The molecule has 2 rings (SSSR count). The smallest absolute Gasteiger partial charge is 0.203 e. The first-order chi connectivity index (χ1) is 8.29. The molecule has 4 heteroatoms. The third-order valence-electron chi connectivity index (χ3n) is 3.83. The number of hydrogen-bond acceptors (Lipinski definition) is 3. The quantitative estimate of drug-likeness (QED) is 0.741. The van der Waals surface area contributed by atoms with E-state index >= 15 is 0 Å². The van der Waals surface area contributed by atoms with E-state index in [0.717, 1.165) is 25.5 Å². The lowest BCUT2D eigenvalue weighted by atomic mass is 9.75. The Hall–Kier alpha value is -1.03. The first kappa shape index (κ1) is 12.4. The fraction of sp³-hybridized carbons (Fsp3) is 0.769. The molecule has 1 aromatic heterocycles. The molecule has 0 aromatic carbocycles. The predicted octanol–water partition coefficient (Wildman–Crippen LogP) is 2.66. The van der Waals surface area contributed by atoms with Crippen LogP contribution in [-0.2, 0) is 11.3 Å². The summed E-state index contributed by atoms with van der Waals surface area (Å²) in [7, 11) is 1.74. The standard InChI is InChI=1S/C13H23N3O/c1-3-13(6-4-7-13)15-12-14-8-10-16(12)9-5-11-17-2/h8,10H,3-7,9,11H2,1-2H3,(H,14,15). The van der Waals surface area contributed by atoms with Crippen molar-refractivity contribution in [2.75, 3.05) is 19.0 Å². The lowest BCUT2D eigenvalue weighted by molar-refractivity contribution is 0.190. The molecule has 1 heterocycles. The lowest BCUT2D eigenvalue weighted by Gasteiger charge is -2.42. The number of imidazole rings is 1. The Balaban J connectivity index is 1.93. The number of methoxy groups -OCH3 is 1. The predicted molar refractivity (Wildman–Crippen MR) is 69.2 cm³/mol. The minimum absolute atomic E-state index is 0.310. The van der Waals surface area contributed by atoms with Crippen molar-refractivity contribution in [3.63, 3.8) is 0 Å². The van der Waals surface area contributed by atoms with E-state index in [-0.39, 0.29) is 0 Å². The van der Waals surface area contributed by atoms with Gasteiger partial charge in [-0.25, -0.2) is 4.98 Å². The van der Waals surface area contributed by atoms with Crippen molar-refractivity contribution < 1.29 is 4.74 Å². The number of nitrogens with one attached hydrogen (secondary N) is 1. The molecule has 0 atom stereocenters. The van der Waals surface area contributed by atoms with E-state index in [4.69, 9.17) is 4.74 Å². The van der Waals surface area contributed by atoms with Gasteiger partial charge in [-0.1, -0.05) is 6.92 Å². The van der Waals surface area contributed by atoms with Crippen molar-refractivity contribution >= 4 is 5.95 Å². The number of hydrogen-bond donors (Lipinski definition) is 1. The number of aromatic nitrogens is 2. The monoisotopic (exact) mass is 237 g/mol. The zero-order chi connectivity index (χ0) is 12.1. The van der Waals surface area contributed by atoms with Gasteiger partial charge in [0.2, 0.25) is 5.95 Å². The first-order valence-electron chi connectivity index (χ1n) is 6.58. The lowest BCUT2D eigenvalue weighted by Crippen LogP contribution is -2.45. The Morgan fingerprint density at radius 3 is 2.94 bits per heavy atom. The molecule has 1 aromatic rings. The third-order valence-corrected chi connectivity index (χ3v) is 3.83. The largest absolute Gasteiger partial charge is 0.385 e. The summed E-state index contributed by atoms with van der Waals surface area (Å²) in [6.07, 6.45) is 10.0. The highest BCUT2D eigenvalue weighted by Gasteiger charge is 2.35. The fourth-order valence-corrected chi connectivity index (χ4v) is 2.40. The van der Waals surface area contributed by atoms with Crippen LogP contribution in [0.25, 0.3) is 0 Å². The second-order valence-corrected chi connectivity index (χ2v) is 4.90. The maximum Gasteiger partial charge on any atom is 0.203 e. The number of ether oxygens (including phenoxy) is 1.